The van der Waals surface area contributed by atoms with Gasteiger partial charge in [-0.3, -0.25) is 9.59 Å². The average molecular weight is 747 g/mol. The Morgan fingerprint density at radius 1 is 0.604 bits per heavy atom. The van der Waals surface area contributed by atoms with E-state index in [0.717, 1.165) is 77.0 Å². The molecular weight excluding hydrogens is 680 g/mol. The highest BCUT2D eigenvalue weighted by Crippen LogP contribution is 2.23. The minimum absolute atomic E-state index is 0.152. The zero-order chi connectivity index (χ0) is 38.9. The number of aliphatic hydroxyl groups excluding tert-OH is 3. The highest BCUT2D eigenvalue weighted by Gasteiger charge is 2.47. The van der Waals surface area contributed by atoms with Gasteiger partial charge in [0.15, 0.2) is 18.5 Å². The van der Waals surface area contributed by atoms with Crippen LogP contribution in [0.2, 0.25) is 0 Å². The van der Waals surface area contributed by atoms with E-state index in [-0.39, 0.29) is 19.4 Å². The maximum Gasteiger partial charge on any atom is 0.335 e. The third-order valence-electron chi connectivity index (χ3n) is 8.27. The van der Waals surface area contributed by atoms with E-state index in [0.29, 0.717) is 19.3 Å². The molecule has 1 fully saturated rings. The standard InChI is InChI=1S/C42H66O11/c1-3-5-7-9-11-13-15-16-17-18-19-20-21-23-24-26-28-30-35(43)50-32-34(33-51-42-39(47)37(45)38(46)40(53-42)41(48)49)52-36(44)31-29-27-25-22-14-12-10-8-6-4-2/h5,7-8,10-11,13,16-17,19-20,23-24,34,37-40,42,45-47H,3-4,6,9,12,14-15,18,21-22,25-33H2,1-2H3,(H,48,49)/b7-5-,10-8-,13-11-,17-16-,20-19-,24-23-. The van der Waals surface area contributed by atoms with Crippen LogP contribution in [0.5, 0.6) is 0 Å². The van der Waals surface area contributed by atoms with Crippen LogP contribution in [0.15, 0.2) is 72.9 Å². The number of aliphatic carboxylic acids is 1. The van der Waals surface area contributed by atoms with Crippen molar-refractivity contribution in [2.45, 2.75) is 160 Å². The first-order chi connectivity index (χ1) is 25.7. The molecule has 4 N–H and O–H groups in total. The third kappa shape index (κ3) is 24.6. The lowest BCUT2D eigenvalue weighted by Crippen LogP contribution is -2.60. The molecule has 1 heterocycles. The number of unbranched alkanes of at least 4 members (excludes halogenated alkanes) is 7. The molecule has 0 aromatic carbocycles. The molecule has 11 heteroatoms. The number of carboxylic acids is 1. The van der Waals surface area contributed by atoms with Gasteiger partial charge in [-0.25, -0.2) is 4.79 Å². The van der Waals surface area contributed by atoms with Crippen molar-refractivity contribution in [1.29, 1.82) is 0 Å². The molecule has 1 aliphatic heterocycles. The maximum absolute atomic E-state index is 12.7. The Kier molecular flexibility index (Phi) is 28.9. The van der Waals surface area contributed by atoms with Gasteiger partial charge in [0.1, 0.15) is 24.9 Å². The summed E-state index contributed by atoms with van der Waals surface area (Å²) in [6.07, 6.45) is 29.8. The molecule has 6 atom stereocenters. The van der Waals surface area contributed by atoms with Crippen LogP contribution in [0, 0.1) is 0 Å². The fourth-order valence-corrected chi connectivity index (χ4v) is 5.21. The van der Waals surface area contributed by atoms with Crippen molar-refractivity contribution in [2.24, 2.45) is 0 Å². The predicted molar refractivity (Wildman–Crippen MR) is 206 cm³/mol. The largest absolute Gasteiger partial charge is 0.479 e. The molecule has 0 amide bonds. The Morgan fingerprint density at radius 2 is 1.13 bits per heavy atom. The number of esters is 2. The van der Waals surface area contributed by atoms with Crippen molar-refractivity contribution in [3.05, 3.63) is 72.9 Å². The van der Waals surface area contributed by atoms with Gasteiger partial charge >= 0.3 is 17.9 Å². The topological polar surface area (TPSA) is 169 Å². The van der Waals surface area contributed by atoms with Gasteiger partial charge in [-0.2, -0.15) is 0 Å². The molecule has 0 spiro atoms. The van der Waals surface area contributed by atoms with Crippen LogP contribution in [0.25, 0.3) is 0 Å². The molecule has 1 rings (SSSR count). The second-order valence-corrected chi connectivity index (χ2v) is 13.0. The molecule has 0 radical (unpaired) electrons. The number of allylic oxidation sites excluding steroid dienone is 12. The number of hydrogen-bond donors (Lipinski definition) is 4. The van der Waals surface area contributed by atoms with Crippen molar-refractivity contribution in [1.82, 2.24) is 0 Å². The fourth-order valence-electron chi connectivity index (χ4n) is 5.21. The van der Waals surface area contributed by atoms with Gasteiger partial charge < -0.3 is 39.4 Å². The average Bonchev–Trinajstić information content (AvgIpc) is 3.14. The molecule has 0 aliphatic carbocycles. The van der Waals surface area contributed by atoms with Gasteiger partial charge in [0.2, 0.25) is 0 Å². The van der Waals surface area contributed by atoms with Crippen LogP contribution in [0.3, 0.4) is 0 Å². The number of aliphatic hydroxyl groups is 3. The first-order valence-corrected chi connectivity index (χ1v) is 19.5. The van der Waals surface area contributed by atoms with Gasteiger partial charge in [-0.1, -0.05) is 112 Å². The summed E-state index contributed by atoms with van der Waals surface area (Å²) in [5.74, 6) is -2.55. The number of hydrogen-bond acceptors (Lipinski definition) is 10. The maximum atomic E-state index is 12.7. The first kappa shape index (κ1) is 47.7. The van der Waals surface area contributed by atoms with E-state index in [2.05, 4.69) is 74.6 Å². The zero-order valence-electron chi connectivity index (χ0n) is 32.0. The Labute approximate surface area is 317 Å². The molecule has 6 unspecified atom stereocenters. The number of ether oxygens (including phenoxy) is 4. The Bertz CT molecular complexity index is 1160. The van der Waals surface area contributed by atoms with E-state index in [9.17, 15) is 34.8 Å². The summed E-state index contributed by atoms with van der Waals surface area (Å²) in [6, 6.07) is 0. The minimum atomic E-state index is -1.87. The molecule has 0 aromatic rings. The van der Waals surface area contributed by atoms with Crippen molar-refractivity contribution in [2.75, 3.05) is 13.2 Å². The van der Waals surface area contributed by atoms with Crippen LogP contribution in [0.4, 0.5) is 0 Å². The summed E-state index contributed by atoms with van der Waals surface area (Å²) in [6.45, 7) is 3.53. The van der Waals surface area contributed by atoms with E-state index < -0.39 is 61.3 Å². The van der Waals surface area contributed by atoms with Crippen LogP contribution >= 0.6 is 0 Å². The number of rotatable bonds is 30. The Morgan fingerprint density at radius 3 is 1.75 bits per heavy atom. The molecule has 53 heavy (non-hydrogen) atoms. The SMILES string of the molecule is CC/C=C\C/C=C\C/C=C\C/C=C\C/C=C\CCCC(=O)OCC(COC1OC(C(=O)O)C(O)C(O)C1O)OC(=O)CCCCCCC/C=C\CCC. The monoisotopic (exact) mass is 746 g/mol. The third-order valence-corrected chi connectivity index (χ3v) is 8.27. The lowest BCUT2D eigenvalue weighted by atomic mass is 9.99. The van der Waals surface area contributed by atoms with Gasteiger partial charge in [-0.05, 0) is 70.6 Å². The summed E-state index contributed by atoms with van der Waals surface area (Å²) < 4.78 is 21.5. The summed E-state index contributed by atoms with van der Waals surface area (Å²) in [7, 11) is 0. The Hall–Kier alpha value is -3.35. The van der Waals surface area contributed by atoms with E-state index in [1.807, 2.05) is 12.2 Å². The summed E-state index contributed by atoms with van der Waals surface area (Å²) in [5.41, 5.74) is 0. The van der Waals surface area contributed by atoms with Crippen LogP contribution < -0.4 is 0 Å². The van der Waals surface area contributed by atoms with Gasteiger partial charge in [0.25, 0.3) is 0 Å². The second-order valence-electron chi connectivity index (χ2n) is 13.0. The first-order valence-electron chi connectivity index (χ1n) is 19.5. The highest BCUT2D eigenvalue weighted by molar-refractivity contribution is 5.73. The quantitative estimate of drug-likeness (QED) is 0.0329. The normalized spacial score (nSPS) is 21.6. The summed E-state index contributed by atoms with van der Waals surface area (Å²) in [4.78, 5) is 36.6. The van der Waals surface area contributed by atoms with E-state index in [1.54, 1.807) is 0 Å². The van der Waals surface area contributed by atoms with E-state index >= 15 is 0 Å². The molecule has 1 saturated heterocycles. The molecule has 11 nitrogen and oxygen atoms in total. The zero-order valence-corrected chi connectivity index (χ0v) is 32.0. The number of carboxylic acid groups (broad SMARTS) is 1. The van der Waals surface area contributed by atoms with Crippen molar-refractivity contribution in [3.8, 4) is 0 Å². The lowest BCUT2D eigenvalue weighted by molar-refractivity contribution is -0.298. The van der Waals surface area contributed by atoms with Crippen LogP contribution in [0.1, 0.15) is 123 Å². The van der Waals surface area contributed by atoms with Gasteiger partial charge in [0, 0.05) is 12.8 Å². The number of carbonyl (C=O) groups excluding carboxylic acids is 2. The minimum Gasteiger partial charge on any atom is -0.479 e. The summed E-state index contributed by atoms with van der Waals surface area (Å²) in [5, 5.41) is 39.6. The predicted octanol–water partition coefficient (Wildman–Crippen LogP) is 7.36. The molecular formula is C42H66O11. The highest BCUT2D eigenvalue weighted by atomic mass is 16.7. The summed E-state index contributed by atoms with van der Waals surface area (Å²) >= 11 is 0. The molecule has 300 valence electrons. The van der Waals surface area contributed by atoms with Crippen molar-refractivity contribution >= 4 is 17.9 Å². The van der Waals surface area contributed by atoms with Gasteiger partial charge in [0.05, 0.1) is 6.61 Å². The lowest BCUT2D eigenvalue weighted by Gasteiger charge is -2.38. The van der Waals surface area contributed by atoms with Gasteiger partial charge in [-0.15, -0.1) is 0 Å². The smallest absolute Gasteiger partial charge is 0.335 e. The van der Waals surface area contributed by atoms with E-state index in [1.165, 1.54) is 0 Å². The van der Waals surface area contributed by atoms with Crippen LogP contribution in [-0.4, -0.2) is 88.4 Å². The molecule has 0 bridgehead atoms. The van der Waals surface area contributed by atoms with Crippen LogP contribution in [-0.2, 0) is 33.3 Å². The molecule has 1 aliphatic rings. The van der Waals surface area contributed by atoms with Crippen molar-refractivity contribution < 1.29 is 53.8 Å². The second kappa shape index (κ2) is 32.1. The molecule has 0 saturated carbocycles. The van der Waals surface area contributed by atoms with Crippen molar-refractivity contribution in [3.63, 3.8) is 0 Å². The fraction of sp³-hybridized carbons (Fsp3) is 0.643. The van der Waals surface area contributed by atoms with E-state index in [4.69, 9.17) is 18.9 Å². The Balaban J connectivity index is 2.48. The molecule has 0 aromatic heterocycles. The number of carbonyl (C=O) groups is 3.